The van der Waals surface area contributed by atoms with Gasteiger partial charge in [-0.1, -0.05) is 18.6 Å². The van der Waals surface area contributed by atoms with Crippen LogP contribution < -0.4 is 15.5 Å². The van der Waals surface area contributed by atoms with Crippen molar-refractivity contribution in [2.45, 2.75) is 26.3 Å². The molecule has 0 fully saturated rings. The third-order valence-electron chi connectivity index (χ3n) is 6.57. The van der Waals surface area contributed by atoms with Crippen LogP contribution in [0.4, 0.5) is 11.5 Å². The summed E-state index contributed by atoms with van der Waals surface area (Å²) in [5, 5.41) is 5.83. The van der Waals surface area contributed by atoms with Crippen LogP contribution in [0.1, 0.15) is 29.4 Å². The number of hydrogen-bond acceptors (Lipinski definition) is 5. The largest absolute Gasteiger partial charge is 0.348 e. The summed E-state index contributed by atoms with van der Waals surface area (Å²) in [6.07, 6.45) is 2.80. The number of anilines is 2. The lowest BCUT2D eigenvalue weighted by molar-refractivity contribution is -0.117. The molecule has 1 atom stereocenters. The molecule has 0 bridgehead atoms. The Morgan fingerprint density at radius 2 is 1.97 bits per heavy atom. The molecule has 4 aromatic rings. The fourth-order valence-electron chi connectivity index (χ4n) is 4.39. The summed E-state index contributed by atoms with van der Waals surface area (Å²) in [6.45, 7) is 7.91. The zero-order chi connectivity index (χ0) is 25.4. The number of benzene rings is 1. The van der Waals surface area contributed by atoms with Crippen molar-refractivity contribution in [2.24, 2.45) is 0 Å². The average molecular weight is 477 g/mol. The highest BCUT2D eigenvalue weighted by Crippen LogP contribution is 2.33. The number of imidazole rings is 1. The van der Waals surface area contributed by atoms with Gasteiger partial charge in [0.05, 0.1) is 17.4 Å². The van der Waals surface area contributed by atoms with E-state index in [-0.39, 0.29) is 11.9 Å². The minimum atomic E-state index is -0.346. The van der Waals surface area contributed by atoms with Gasteiger partial charge in [0.25, 0.3) is 0 Å². The molecule has 0 spiro atoms. The number of likely N-dealkylation sites (N-methyl/N-ethyl adjacent to an activating group) is 2. The SMILES string of the molecule is C=C1Cc2cc(C#Cc3nc(NC(=O)C(C)NC)ccc3-c3c(C)nc4ccccn34)ccc2N1C. The molecule has 1 aliphatic heterocycles. The summed E-state index contributed by atoms with van der Waals surface area (Å²) < 4.78 is 2.04. The van der Waals surface area contributed by atoms with Crippen molar-refractivity contribution >= 4 is 23.1 Å². The van der Waals surface area contributed by atoms with Gasteiger partial charge in [0.1, 0.15) is 17.2 Å². The minimum absolute atomic E-state index is 0.161. The number of aryl methyl sites for hydroxylation is 1. The number of amides is 1. The van der Waals surface area contributed by atoms with Crippen molar-refractivity contribution in [2.75, 3.05) is 24.3 Å². The van der Waals surface area contributed by atoms with E-state index < -0.39 is 0 Å². The number of allylic oxidation sites excluding steroid dienone is 1. The number of carbonyl (C=O) groups excluding carboxylic acids is 1. The molecule has 1 aromatic carbocycles. The fourth-order valence-corrected chi connectivity index (χ4v) is 4.39. The predicted octanol–water partition coefficient (Wildman–Crippen LogP) is 4.16. The van der Waals surface area contributed by atoms with E-state index in [1.54, 1.807) is 20.0 Å². The summed E-state index contributed by atoms with van der Waals surface area (Å²) >= 11 is 0. The number of nitrogens with zero attached hydrogens (tertiary/aromatic N) is 4. The Hall–Kier alpha value is -4.41. The first-order chi connectivity index (χ1) is 17.4. The maximum atomic E-state index is 12.5. The molecule has 1 amide bonds. The van der Waals surface area contributed by atoms with E-state index in [1.165, 1.54) is 5.56 Å². The summed E-state index contributed by atoms with van der Waals surface area (Å²) in [7, 11) is 3.78. The number of nitrogens with one attached hydrogen (secondary N) is 2. The van der Waals surface area contributed by atoms with Crippen LogP contribution in [0.2, 0.25) is 0 Å². The maximum absolute atomic E-state index is 12.5. The lowest BCUT2D eigenvalue weighted by Gasteiger charge is -2.13. The lowest BCUT2D eigenvalue weighted by atomic mass is 10.1. The molecular formula is C29H28N6O. The molecular weight excluding hydrogens is 448 g/mol. The smallest absolute Gasteiger partial charge is 0.242 e. The number of rotatable bonds is 4. The van der Waals surface area contributed by atoms with Gasteiger partial charge >= 0.3 is 0 Å². The normalized spacial score (nSPS) is 13.3. The van der Waals surface area contributed by atoms with Crippen LogP contribution in [0.25, 0.3) is 16.9 Å². The number of pyridine rings is 2. The Morgan fingerprint density at radius 3 is 2.78 bits per heavy atom. The van der Waals surface area contributed by atoms with Crippen molar-refractivity contribution in [1.82, 2.24) is 19.7 Å². The van der Waals surface area contributed by atoms with Crippen LogP contribution in [0, 0.1) is 18.8 Å². The van der Waals surface area contributed by atoms with Gasteiger partial charge in [-0.3, -0.25) is 9.20 Å². The average Bonchev–Trinajstić information content (AvgIpc) is 3.36. The zero-order valence-corrected chi connectivity index (χ0v) is 20.9. The van der Waals surface area contributed by atoms with Crippen molar-refractivity contribution in [1.29, 1.82) is 0 Å². The molecule has 1 unspecified atom stereocenters. The number of carbonyl (C=O) groups is 1. The van der Waals surface area contributed by atoms with Crippen LogP contribution in [0.3, 0.4) is 0 Å². The highest BCUT2D eigenvalue weighted by Gasteiger charge is 2.20. The third-order valence-corrected chi connectivity index (χ3v) is 6.57. The minimum Gasteiger partial charge on any atom is -0.348 e. The molecule has 1 aliphatic rings. The second kappa shape index (κ2) is 9.33. The van der Waals surface area contributed by atoms with E-state index in [0.717, 1.165) is 46.0 Å². The maximum Gasteiger partial charge on any atom is 0.242 e. The molecule has 7 nitrogen and oxygen atoms in total. The third kappa shape index (κ3) is 4.23. The first-order valence-corrected chi connectivity index (χ1v) is 11.9. The molecule has 0 saturated carbocycles. The first kappa shape index (κ1) is 23.3. The second-order valence-corrected chi connectivity index (χ2v) is 8.96. The van der Waals surface area contributed by atoms with Gasteiger partial charge in [0, 0.05) is 42.2 Å². The monoisotopic (exact) mass is 476 g/mol. The predicted molar refractivity (Wildman–Crippen MR) is 144 cm³/mol. The van der Waals surface area contributed by atoms with Crippen LogP contribution in [-0.4, -0.2) is 40.4 Å². The van der Waals surface area contributed by atoms with Gasteiger partial charge in [0.2, 0.25) is 5.91 Å². The number of hydrogen-bond donors (Lipinski definition) is 2. The number of fused-ring (bicyclic) bond motifs is 2. The molecule has 36 heavy (non-hydrogen) atoms. The Balaban J connectivity index is 1.60. The highest BCUT2D eigenvalue weighted by atomic mass is 16.2. The summed E-state index contributed by atoms with van der Waals surface area (Å²) in [5.41, 5.74) is 8.43. The van der Waals surface area contributed by atoms with Crippen LogP contribution in [-0.2, 0) is 11.2 Å². The van der Waals surface area contributed by atoms with Crippen molar-refractivity contribution in [3.63, 3.8) is 0 Å². The van der Waals surface area contributed by atoms with Gasteiger partial charge < -0.3 is 15.5 Å². The van der Waals surface area contributed by atoms with Gasteiger partial charge in [-0.2, -0.15) is 0 Å². The van der Waals surface area contributed by atoms with Gasteiger partial charge in [-0.05, 0) is 74.8 Å². The molecule has 0 radical (unpaired) electrons. The van der Waals surface area contributed by atoms with E-state index in [2.05, 4.69) is 46.1 Å². The Bertz CT molecular complexity index is 1570. The lowest BCUT2D eigenvalue weighted by Crippen LogP contribution is -2.35. The fraction of sp³-hybridized carbons (Fsp3) is 0.207. The molecule has 5 rings (SSSR count). The van der Waals surface area contributed by atoms with E-state index in [9.17, 15) is 4.79 Å². The summed E-state index contributed by atoms with van der Waals surface area (Å²) in [5.74, 6) is 6.86. The van der Waals surface area contributed by atoms with Gasteiger partial charge in [-0.25, -0.2) is 9.97 Å². The standard InChI is InChI=1S/C29H28N6O/c1-18-16-22-17-21(10-13-25(22)34(18)5)9-12-24-23(11-14-26(32-24)33-29(36)20(3)30-4)28-19(2)31-27-8-6-7-15-35(27)28/h6-8,10-11,13-15,17,20,30H,1,16H2,2-5H3,(H,32,33,36). The van der Waals surface area contributed by atoms with Crippen LogP contribution in [0.5, 0.6) is 0 Å². The Morgan fingerprint density at radius 1 is 1.14 bits per heavy atom. The van der Waals surface area contributed by atoms with Crippen LogP contribution in [0.15, 0.2) is 67.0 Å². The molecule has 2 N–H and O–H groups in total. The van der Waals surface area contributed by atoms with E-state index in [4.69, 9.17) is 9.97 Å². The Labute approximate surface area is 210 Å². The van der Waals surface area contributed by atoms with E-state index in [0.29, 0.717) is 11.5 Å². The molecule has 7 heteroatoms. The second-order valence-electron chi connectivity index (χ2n) is 8.96. The topological polar surface area (TPSA) is 74.6 Å². The van der Waals surface area contributed by atoms with Gasteiger partial charge in [0.15, 0.2) is 0 Å². The highest BCUT2D eigenvalue weighted by molar-refractivity contribution is 5.94. The van der Waals surface area contributed by atoms with E-state index in [1.807, 2.05) is 54.9 Å². The first-order valence-electron chi connectivity index (χ1n) is 11.9. The molecule has 0 aliphatic carbocycles. The quantitative estimate of drug-likeness (QED) is 0.433. The summed E-state index contributed by atoms with van der Waals surface area (Å²) in [6, 6.07) is 15.5. The van der Waals surface area contributed by atoms with E-state index >= 15 is 0 Å². The van der Waals surface area contributed by atoms with Crippen LogP contribution >= 0.6 is 0 Å². The zero-order valence-electron chi connectivity index (χ0n) is 20.9. The molecule has 180 valence electrons. The molecule has 0 saturated heterocycles. The number of aromatic nitrogens is 3. The Kier molecular flexibility index (Phi) is 6.05. The van der Waals surface area contributed by atoms with Crippen molar-refractivity contribution in [3.05, 3.63) is 89.5 Å². The van der Waals surface area contributed by atoms with Crippen molar-refractivity contribution < 1.29 is 4.79 Å². The molecule has 4 heterocycles. The van der Waals surface area contributed by atoms with Crippen molar-refractivity contribution in [3.8, 4) is 23.1 Å². The molecule has 3 aromatic heterocycles. The van der Waals surface area contributed by atoms with Gasteiger partial charge in [-0.15, -0.1) is 0 Å². The summed E-state index contributed by atoms with van der Waals surface area (Å²) in [4.78, 5) is 24.0.